The summed E-state index contributed by atoms with van der Waals surface area (Å²) in [5.74, 6) is -0.559. The lowest BCUT2D eigenvalue weighted by molar-refractivity contribution is 0.603. The summed E-state index contributed by atoms with van der Waals surface area (Å²) in [6, 6.07) is 3.10. The predicted molar refractivity (Wildman–Crippen MR) is 56.1 cm³/mol. The summed E-state index contributed by atoms with van der Waals surface area (Å²) < 4.78 is 26.1. The standard InChI is InChI=1S/C10H8F2N4/c11-6-1-2-7(12)8(3-6)16-10-5-14-9(13)4-15-10/h1-5H,(H2,13,14)(H,15,16). The van der Waals surface area contributed by atoms with E-state index in [1.165, 1.54) is 12.4 Å². The first-order valence-corrected chi connectivity index (χ1v) is 4.45. The minimum Gasteiger partial charge on any atom is -0.382 e. The summed E-state index contributed by atoms with van der Waals surface area (Å²) in [4.78, 5) is 7.62. The molecule has 82 valence electrons. The van der Waals surface area contributed by atoms with Crippen LogP contribution in [0, 0.1) is 11.6 Å². The van der Waals surface area contributed by atoms with Gasteiger partial charge in [-0.25, -0.2) is 18.7 Å². The van der Waals surface area contributed by atoms with Crippen molar-refractivity contribution < 1.29 is 8.78 Å². The number of hydrogen-bond acceptors (Lipinski definition) is 4. The molecule has 2 rings (SSSR count). The Hall–Kier alpha value is -2.24. The maximum Gasteiger partial charge on any atom is 0.149 e. The molecule has 0 aliphatic rings. The van der Waals surface area contributed by atoms with Crippen LogP contribution in [0.15, 0.2) is 30.6 Å². The zero-order valence-corrected chi connectivity index (χ0v) is 8.11. The lowest BCUT2D eigenvalue weighted by atomic mass is 10.3. The van der Waals surface area contributed by atoms with Crippen LogP contribution in [0.25, 0.3) is 0 Å². The van der Waals surface area contributed by atoms with Crippen LogP contribution in [0.4, 0.5) is 26.1 Å². The maximum absolute atomic E-state index is 13.2. The van der Waals surface area contributed by atoms with Crippen molar-refractivity contribution in [2.75, 3.05) is 11.1 Å². The van der Waals surface area contributed by atoms with Crippen LogP contribution in [-0.4, -0.2) is 9.97 Å². The van der Waals surface area contributed by atoms with Crippen LogP contribution in [-0.2, 0) is 0 Å². The van der Waals surface area contributed by atoms with E-state index < -0.39 is 11.6 Å². The highest BCUT2D eigenvalue weighted by molar-refractivity contribution is 5.56. The third kappa shape index (κ3) is 2.22. The SMILES string of the molecule is Nc1cnc(Nc2cc(F)ccc2F)cn1. The van der Waals surface area contributed by atoms with Gasteiger partial charge in [0.15, 0.2) is 0 Å². The number of anilines is 3. The minimum atomic E-state index is -0.569. The lowest BCUT2D eigenvalue weighted by Gasteiger charge is -2.06. The van der Waals surface area contributed by atoms with Gasteiger partial charge in [-0.2, -0.15) is 0 Å². The van der Waals surface area contributed by atoms with Crippen LogP contribution in [0.2, 0.25) is 0 Å². The molecular formula is C10H8F2N4. The average Bonchev–Trinajstić information content (AvgIpc) is 2.27. The number of nitrogens with zero attached hydrogens (tertiary/aromatic N) is 2. The molecular weight excluding hydrogens is 214 g/mol. The molecule has 1 aromatic carbocycles. The molecule has 0 saturated carbocycles. The fourth-order valence-corrected chi connectivity index (χ4v) is 1.13. The van der Waals surface area contributed by atoms with Gasteiger partial charge in [0.05, 0.1) is 18.1 Å². The molecule has 0 saturated heterocycles. The number of hydrogen-bond donors (Lipinski definition) is 2. The molecule has 0 aliphatic carbocycles. The molecule has 16 heavy (non-hydrogen) atoms. The van der Waals surface area contributed by atoms with E-state index in [4.69, 9.17) is 5.73 Å². The number of halogens is 2. The second kappa shape index (κ2) is 4.09. The van der Waals surface area contributed by atoms with Crippen LogP contribution in [0.3, 0.4) is 0 Å². The number of nitrogens with one attached hydrogen (secondary N) is 1. The molecule has 0 amide bonds. The van der Waals surface area contributed by atoms with E-state index in [0.29, 0.717) is 5.82 Å². The quantitative estimate of drug-likeness (QED) is 0.816. The summed E-state index contributed by atoms with van der Waals surface area (Å²) in [7, 11) is 0. The monoisotopic (exact) mass is 222 g/mol. The normalized spacial score (nSPS) is 10.1. The van der Waals surface area contributed by atoms with Gasteiger partial charge in [0.2, 0.25) is 0 Å². The number of aromatic nitrogens is 2. The molecule has 0 spiro atoms. The fraction of sp³-hybridized carbons (Fsp3) is 0. The molecule has 4 nitrogen and oxygen atoms in total. The largest absolute Gasteiger partial charge is 0.382 e. The first-order valence-electron chi connectivity index (χ1n) is 4.45. The van der Waals surface area contributed by atoms with Gasteiger partial charge in [0.25, 0.3) is 0 Å². The number of nitrogens with two attached hydrogens (primary N) is 1. The summed E-state index contributed by atoms with van der Waals surface area (Å²) in [5, 5.41) is 2.60. The summed E-state index contributed by atoms with van der Waals surface area (Å²) in [6.45, 7) is 0. The van der Waals surface area contributed by atoms with Gasteiger partial charge in [-0.1, -0.05) is 0 Å². The molecule has 6 heteroatoms. The average molecular weight is 222 g/mol. The molecule has 0 unspecified atom stereocenters. The second-order valence-electron chi connectivity index (χ2n) is 3.08. The molecule has 0 atom stereocenters. The number of rotatable bonds is 2. The van der Waals surface area contributed by atoms with E-state index >= 15 is 0 Å². The predicted octanol–water partition coefficient (Wildman–Crippen LogP) is 2.08. The van der Waals surface area contributed by atoms with Crippen molar-refractivity contribution in [3.63, 3.8) is 0 Å². The Kier molecular flexibility index (Phi) is 2.63. The van der Waals surface area contributed by atoms with E-state index in [1.807, 2.05) is 0 Å². The fourth-order valence-electron chi connectivity index (χ4n) is 1.13. The van der Waals surface area contributed by atoms with Crippen molar-refractivity contribution in [1.29, 1.82) is 0 Å². The smallest absolute Gasteiger partial charge is 0.149 e. The Bertz CT molecular complexity index is 499. The van der Waals surface area contributed by atoms with Crippen molar-refractivity contribution in [3.8, 4) is 0 Å². The highest BCUT2D eigenvalue weighted by Crippen LogP contribution is 2.19. The van der Waals surface area contributed by atoms with E-state index in [0.717, 1.165) is 18.2 Å². The third-order valence-corrected chi connectivity index (χ3v) is 1.86. The molecule has 0 bridgehead atoms. The van der Waals surface area contributed by atoms with Crippen LogP contribution in [0.5, 0.6) is 0 Å². The lowest BCUT2D eigenvalue weighted by Crippen LogP contribution is -1.99. The Morgan fingerprint density at radius 3 is 2.62 bits per heavy atom. The molecule has 1 heterocycles. The number of nitrogen functional groups attached to an aromatic ring is 1. The second-order valence-corrected chi connectivity index (χ2v) is 3.08. The van der Waals surface area contributed by atoms with Crippen molar-refractivity contribution in [2.45, 2.75) is 0 Å². The Labute approximate surface area is 90.1 Å². The molecule has 0 aliphatic heterocycles. The van der Waals surface area contributed by atoms with Crippen molar-refractivity contribution >= 4 is 17.3 Å². The first-order chi connectivity index (χ1) is 7.65. The van der Waals surface area contributed by atoms with Gasteiger partial charge in [0.1, 0.15) is 23.3 Å². The van der Waals surface area contributed by atoms with Crippen LogP contribution >= 0.6 is 0 Å². The molecule has 1 aromatic heterocycles. The van der Waals surface area contributed by atoms with Crippen molar-refractivity contribution in [2.24, 2.45) is 0 Å². The molecule has 0 radical (unpaired) electrons. The maximum atomic E-state index is 13.2. The Morgan fingerprint density at radius 2 is 1.94 bits per heavy atom. The highest BCUT2D eigenvalue weighted by atomic mass is 19.1. The van der Waals surface area contributed by atoms with Crippen molar-refractivity contribution in [1.82, 2.24) is 9.97 Å². The number of benzene rings is 1. The third-order valence-electron chi connectivity index (χ3n) is 1.86. The minimum absolute atomic E-state index is 0.000860. The van der Waals surface area contributed by atoms with Gasteiger partial charge in [0, 0.05) is 6.07 Å². The summed E-state index contributed by atoms with van der Waals surface area (Å²) in [5.41, 5.74) is 5.34. The van der Waals surface area contributed by atoms with E-state index in [2.05, 4.69) is 15.3 Å². The molecule has 0 fully saturated rings. The van der Waals surface area contributed by atoms with Crippen LogP contribution in [0.1, 0.15) is 0 Å². The van der Waals surface area contributed by atoms with Gasteiger partial charge in [-0.05, 0) is 12.1 Å². The zero-order valence-electron chi connectivity index (χ0n) is 8.11. The van der Waals surface area contributed by atoms with E-state index in [-0.39, 0.29) is 11.5 Å². The van der Waals surface area contributed by atoms with Crippen molar-refractivity contribution in [3.05, 3.63) is 42.2 Å². The van der Waals surface area contributed by atoms with Gasteiger partial charge < -0.3 is 11.1 Å². The van der Waals surface area contributed by atoms with Gasteiger partial charge in [-0.3, -0.25) is 0 Å². The van der Waals surface area contributed by atoms with Gasteiger partial charge in [-0.15, -0.1) is 0 Å². The Balaban J connectivity index is 2.26. The molecule has 3 N–H and O–H groups in total. The Morgan fingerprint density at radius 1 is 1.12 bits per heavy atom. The van der Waals surface area contributed by atoms with Crippen LogP contribution < -0.4 is 11.1 Å². The first kappa shape index (κ1) is 10.3. The van der Waals surface area contributed by atoms with Gasteiger partial charge >= 0.3 is 0 Å². The van der Waals surface area contributed by atoms with E-state index in [9.17, 15) is 8.78 Å². The summed E-state index contributed by atoms with van der Waals surface area (Å²) in [6.07, 6.45) is 2.65. The summed E-state index contributed by atoms with van der Waals surface area (Å²) >= 11 is 0. The zero-order chi connectivity index (χ0) is 11.5. The van der Waals surface area contributed by atoms with E-state index in [1.54, 1.807) is 0 Å². The molecule has 2 aromatic rings. The topological polar surface area (TPSA) is 63.8 Å². The highest BCUT2D eigenvalue weighted by Gasteiger charge is 2.04.